The van der Waals surface area contributed by atoms with E-state index in [1.165, 1.54) is 5.56 Å². The molecule has 2 atom stereocenters. The Bertz CT molecular complexity index is 718. The van der Waals surface area contributed by atoms with E-state index in [1.807, 2.05) is 56.0 Å². The van der Waals surface area contributed by atoms with E-state index in [4.69, 9.17) is 0 Å². The molecule has 3 rings (SSSR count). The van der Waals surface area contributed by atoms with Crippen molar-refractivity contribution in [1.82, 2.24) is 0 Å². The van der Waals surface area contributed by atoms with Crippen molar-refractivity contribution in [3.05, 3.63) is 60.2 Å². The van der Waals surface area contributed by atoms with E-state index >= 15 is 0 Å². The summed E-state index contributed by atoms with van der Waals surface area (Å²) in [6, 6.07) is 18.9. The summed E-state index contributed by atoms with van der Waals surface area (Å²) in [5.41, 5.74) is 2.95. The standard InChI is InChI=1S/C21H26N2O/c1-15-14-18(22-16-10-6-5-7-11-16)17-12-8-9-13-19(17)23(15)20(24)21(2,3)4/h5-13,15,18,22H,14H2,1-4H3/t15-,18-/m1/s1. The van der Waals surface area contributed by atoms with Crippen molar-refractivity contribution >= 4 is 17.3 Å². The van der Waals surface area contributed by atoms with Crippen molar-refractivity contribution in [3.63, 3.8) is 0 Å². The maximum Gasteiger partial charge on any atom is 0.232 e. The molecule has 3 heteroatoms. The van der Waals surface area contributed by atoms with Gasteiger partial charge >= 0.3 is 0 Å². The van der Waals surface area contributed by atoms with Crippen LogP contribution >= 0.6 is 0 Å². The number of carbonyl (C=O) groups is 1. The van der Waals surface area contributed by atoms with Crippen molar-refractivity contribution in [2.45, 2.75) is 46.2 Å². The van der Waals surface area contributed by atoms with E-state index in [0.717, 1.165) is 17.8 Å². The lowest BCUT2D eigenvalue weighted by molar-refractivity contribution is -0.126. The van der Waals surface area contributed by atoms with E-state index in [9.17, 15) is 4.79 Å². The fourth-order valence-electron chi connectivity index (χ4n) is 3.36. The third-order valence-corrected chi connectivity index (χ3v) is 4.56. The first-order chi connectivity index (χ1) is 11.4. The highest BCUT2D eigenvalue weighted by Crippen LogP contribution is 2.40. The predicted octanol–water partition coefficient (Wildman–Crippen LogP) is 5.01. The van der Waals surface area contributed by atoms with Crippen LogP contribution in [0, 0.1) is 5.41 Å². The molecule has 0 unspecified atom stereocenters. The number of rotatable bonds is 2. The van der Waals surface area contributed by atoms with E-state index < -0.39 is 0 Å². The minimum absolute atomic E-state index is 0.160. The van der Waals surface area contributed by atoms with Crippen LogP contribution in [-0.2, 0) is 4.79 Å². The van der Waals surface area contributed by atoms with Crippen LogP contribution in [0.3, 0.4) is 0 Å². The van der Waals surface area contributed by atoms with Crippen molar-refractivity contribution in [1.29, 1.82) is 0 Å². The van der Waals surface area contributed by atoms with Crippen LogP contribution in [-0.4, -0.2) is 11.9 Å². The number of hydrogen-bond donors (Lipinski definition) is 1. The van der Waals surface area contributed by atoms with Crippen molar-refractivity contribution in [2.24, 2.45) is 5.41 Å². The summed E-state index contributed by atoms with van der Waals surface area (Å²) in [6.45, 7) is 8.09. The van der Waals surface area contributed by atoms with Gasteiger partial charge in [-0.25, -0.2) is 0 Å². The number of fused-ring (bicyclic) bond motifs is 1. The summed E-state index contributed by atoms with van der Waals surface area (Å²) in [5, 5.41) is 3.63. The zero-order chi connectivity index (χ0) is 17.3. The van der Waals surface area contributed by atoms with Crippen LogP contribution in [0.25, 0.3) is 0 Å². The zero-order valence-corrected chi connectivity index (χ0v) is 14.9. The summed E-state index contributed by atoms with van der Waals surface area (Å²) in [4.78, 5) is 14.9. The summed E-state index contributed by atoms with van der Waals surface area (Å²) >= 11 is 0. The highest BCUT2D eigenvalue weighted by atomic mass is 16.2. The quantitative estimate of drug-likeness (QED) is 0.843. The maximum absolute atomic E-state index is 13.0. The normalized spacial score (nSPS) is 20.4. The first-order valence-corrected chi connectivity index (χ1v) is 8.62. The highest BCUT2D eigenvalue weighted by Gasteiger charge is 2.37. The minimum atomic E-state index is -0.388. The number of para-hydroxylation sites is 2. The first-order valence-electron chi connectivity index (χ1n) is 8.62. The van der Waals surface area contributed by atoms with Gasteiger partial charge in [0.25, 0.3) is 0 Å². The van der Waals surface area contributed by atoms with Crippen LogP contribution in [0.15, 0.2) is 54.6 Å². The van der Waals surface area contributed by atoms with Gasteiger partial charge in [-0.3, -0.25) is 4.79 Å². The maximum atomic E-state index is 13.0. The van der Waals surface area contributed by atoms with Gasteiger partial charge < -0.3 is 10.2 Å². The summed E-state index contributed by atoms with van der Waals surface area (Å²) < 4.78 is 0. The lowest BCUT2D eigenvalue weighted by Crippen LogP contribution is -2.48. The Kier molecular flexibility index (Phi) is 4.35. The molecule has 0 radical (unpaired) electrons. The lowest BCUT2D eigenvalue weighted by Gasteiger charge is -2.42. The SMILES string of the molecule is C[C@@H]1C[C@@H](Nc2ccccc2)c2ccccc2N1C(=O)C(C)(C)C. The van der Waals surface area contributed by atoms with Crippen LogP contribution in [0.5, 0.6) is 0 Å². The molecule has 3 nitrogen and oxygen atoms in total. The average Bonchev–Trinajstić information content (AvgIpc) is 2.55. The Morgan fingerprint density at radius 1 is 1.04 bits per heavy atom. The molecule has 0 aromatic heterocycles. The smallest absolute Gasteiger partial charge is 0.232 e. The fourth-order valence-corrected chi connectivity index (χ4v) is 3.36. The molecule has 0 saturated carbocycles. The second-order valence-electron chi connectivity index (χ2n) is 7.63. The molecule has 0 saturated heterocycles. The second-order valence-corrected chi connectivity index (χ2v) is 7.63. The van der Waals surface area contributed by atoms with Gasteiger partial charge in [-0.05, 0) is 37.1 Å². The number of benzene rings is 2. The van der Waals surface area contributed by atoms with Gasteiger partial charge in [-0.2, -0.15) is 0 Å². The molecule has 24 heavy (non-hydrogen) atoms. The Morgan fingerprint density at radius 3 is 2.33 bits per heavy atom. The average molecular weight is 322 g/mol. The molecule has 0 aliphatic carbocycles. The van der Waals surface area contributed by atoms with E-state index in [0.29, 0.717) is 0 Å². The number of hydrogen-bond acceptors (Lipinski definition) is 2. The van der Waals surface area contributed by atoms with Crippen molar-refractivity contribution < 1.29 is 4.79 Å². The van der Waals surface area contributed by atoms with Crippen LogP contribution in [0.4, 0.5) is 11.4 Å². The summed E-state index contributed by atoms with van der Waals surface area (Å²) in [7, 11) is 0. The highest BCUT2D eigenvalue weighted by molar-refractivity contribution is 5.98. The molecule has 1 amide bonds. The van der Waals surface area contributed by atoms with Crippen LogP contribution < -0.4 is 10.2 Å². The van der Waals surface area contributed by atoms with Gasteiger partial charge in [0.1, 0.15) is 0 Å². The number of carbonyl (C=O) groups excluding carboxylic acids is 1. The molecule has 0 spiro atoms. The second kappa shape index (κ2) is 6.31. The molecule has 1 aliphatic rings. The Balaban J connectivity index is 1.97. The molecule has 1 heterocycles. The van der Waals surface area contributed by atoms with Gasteiger partial charge in [-0.15, -0.1) is 0 Å². The fraction of sp³-hybridized carbons (Fsp3) is 0.381. The van der Waals surface area contributed by atoms with Crippen molar-refractivity contribution in [3.8, 4) is 0 Å². The van der Waals surface area contributed by atoms with E-state index in [2.05, 4.69) is 36.5 Å². The molecule has 126 valence electrons. The van der Waals surface area contributed by atoms with Gasteiger partial charge in [0.05, 0.1) is 6.04 Å². The molecular weight excluding hydrogens is 296 g/mol. The summed E-state index contributed by atoms with van der Waals surface area (Å²) in [6.07, 6.45) is 0.897. The number of nitrogens with zero attached hydrogens (tertiary/aromatic N) is 1. The predicted molar refractivity (Wildman–Crippen MR) is 100 cm³/mol. The number of amides is 1. The van der Waals surface area contributed by atoms with E-state index in [-0.39, 0.29) is 23.4 Å². The van der Waals surface area contributed by atoms with E-state index in [1.54, 1.807) is 0 Å². The Hall–Kier alpha value is -2.29. The third-order valence-electron chi connectivity index (χ3n) is 4.56. The Morgan fingerprint density at radius 2 is 1.67 bits per heavy atom. The first kappa shape index (κ1) is 16.6. The topological polar surface area (TPSA) is 32.3 Å². The number of anilines is 2. The lowest BCUT2D eigenvalue weighted by atomic mass is 9.87. The van der Waals surface area contributed by atoms with Crippen LogP contribution in [0.1, 0.15) is 45.7 Å². The van der Waals surface area contributed by atoms with Crippen molar-refractivity contribution in [2.75, 3.05) is 10.2 Å². The Labute approximate surface area is 144 Å². The number of nitrogens with one attached hydrogen (secondary N) is 1. The molecule has 2 aromatic rings. The molecule has 1 aliphatic heterocycles. The molecular formula is C21H26N2O. The molecule has 0 bridgehead atoms. The largest absolute Gasteiger partial charge is 0.378 e. The van der Waals surface area contributed by atoms with Gasteiger partial charge in [0.15, 0.2) is 0 Å². The molecule has 0 fully saturated rings. The minimum Gasteiger partial charge on any atom is -0.378 e. The summed E-state index contributed by atoms with van der Waals surface area (Å²) in [5.74, 6) is 0.181. The monoisotopic (exact) mass is 322 g/mol. The molecule has 1 N–H and O–H groups in total. The van der Waals surface area contributed by atoms with Gasteiger partial charge in [0, 0.05) is 22.8 Å². The van der Waals surface area contributed by atoms with Crippen LogP contribution in [0.2, 0.25) is 0 Å². The molecule has 2 aromatic carbocycles. The zero-order valence-electron chi connectivity index (χ0n) is 14.9. The third kappa shape index (κ3) is 3.16. The van der Waals surface area contributed by atoms with Gasteiger partial charge in [-0.1, -0.05) is 57.2 Å². The van der Waals surface area contributed by atoms with Gasteiger partial charge in [0.2, 0.25) is 5.91 Å².